The molecule has 0 amide bonds. The van der Waals surface area contributed by atoms with Gasteiger partial charge in [0, 0.05) is 32.1 Å². The largest absolute Gasteiger partial charge is 0.338 e. The number of benzene rings is 1. The Morgan fingerprint density at radius 3 is 2.35 bits per heavy atom. The van der Waals surface area contributed by atoms with Crippen molar-refractivity contribution in [3.05, 3.63) is 41.8 Å². The van der Waals surface area contributed by atoms with Crippen LogP contribution in [0.5, 0.6) is 0 Å². The van der Waals surface area contributed by atoms with Crippen LogP contribution >= 0.6 is 0 Å². The van der Waals surface area contributed by atoms with E-state index in [1.54, 1.807) is 0 Å². The number of sulfonamides is 1. The van der Waals surface area contributed by atoms with Crippen LogP contribution in [0.1, 0.15) is 44.4 Å². The molecule has 1 saturated heterocycles. The molecule has 1 aliphatic rings. The van der Waals surface area contributed by atoms with Gasteiger partial charge in [-0.15, -0.1) is 0 Å². The summed E-state index contributed by atoms with van der Waals surface area (Å²) in [7, 11) is -3.83. The van der Waals surface area contributed by atoms with Crippen LogP contribution in [0.2, 0.25) is 0 Å². The van der Waals surface area contributed by atoms with Crippen LogP contribution in [0.15, 0.2) is 33.7 Å². The fraction of sp³-hybridized carbons (Fsp3) is 0.529. The zero-order valence-corrected chi connectivity index (χ0v) is 15.9. The van der Waals surface area contributed by atoms with Crippen LogP contribution in [-0.4, -0.2) is 53.9 Å². The van der Waals surface area contributed by atoms with Crippen molar-refractivity contribution in [2.24, 2.45) is 0 Å². The first-order valence-electron chi connectivity index (χ1n) is 8.63. The van der Waals surface area contributed by atoms with Crippen molar-refractivity contribution in [3.8, 4) is 0 Å². The number of rotatable bonds is 5. The average molecular weight is 382 g/mol. The van der Waals surface area contributed by atoms with Gasteiger partial charge in [-0.2, -0.15) is 9.29 Å². The number of hydrogen-bond acceptors (Lipinski definition) is 6. The first kappa shape index (κ1) is 18.9. The number of nitrogens with zero attached hydrogens (tertiary/aromatic N) is 4. The fourth-order valence-corrected chi connectivity index (χ4v) is 4.42. The Labute approximate surface area is 152 Å². The Morgan fingerprint density at radius 1 is 1.12 bits per heavy atom. The summed E-state index contributed by atoms with van der Waals surface area (Å²) in [4.78, 5) is 6.22. The van der Waals surface area contributed by atoms with Crippen molar-refractivity contribution in [2.45, 2.75) is 37.6 Å². The average Bonchev–Trinajstić information content (AvgIpc) is 3.12. The Hall–Kier alpha value is -1.84. The quantitative estimate of drug-likeness (QED) is 0.790. The van der Waals surface area contributed by atoms with E-state index in [4.69, 9.17) is 4.52 Å². The standard InChI is InChI=1S/C17H23FN4O3S/c1-12(2)16-19-17(25-20-16)13(3)21-8-10-22(11-9-21)26(23,24)15-7-5-4-6-14(15)18/h4-7,12-13H,8-11H2,1-3H3. The minimum absolute atomic E-state index is 0.103. The lowest BCUT2D eigenvalue weighted by Crippen LogP contribution is -2.49. The van der Waals surface area contributed by atoms with E-state index in [1.807, 2.05) is 20.8 Å². The molecule has 1 fully saturated rings. The molecule has 0 N–H and O–H groups in total. The van der Waals surface area contributed by atoms with Gasteiger partial charge in [0.2, 0.25) is 15.9 Å². The summed E-state index contributed by atoms with van der Waals surface area (Å²) in [6.45, 7) is 7.52. The van der Waals surface area contributed by atoms with Gasteiger partial charge >= 0.3 is 0 Å². The highest BCUT2D eigenvalue weighted by atomic mass is 32.2. The van der Waals surface area contributed by atoms with Gasteiger partial charge in [0.05, 0.1) is 6.04 Å². The molecule has 26 heavy (non-hydrogen) atoms. The fourth-order valence-electron chi connectivity index (χ4n) is 2.93. The number of hydrogen-bond donors (Lipinski definition) is 0. The third-order valence-corrected chi connectivity index (χ3v) is 6.54. The molecule has 1 atom stereocenters. The van der Waals surface area contributed by atoms with Gasteiger partial charge in [-0.05, 0) is 19.1 Å². The third kappa shape index (κ3) is 3.65. The van der Waals surface area contributed by atoms with E-state index in [2.05, 4.69) is 15.0 Å². The first-order chi connectivity index (χ1) is 12.3. The molecule has 0 aliphatic carbocycles. The maximum absolute atomic E-state index is 13.9. The third-order valence-electron chi connectivity index (χ3n) is 4.61. The number of halogens is 1. The lowest BCUT2D eigenvalue weighted by molar-refractivity contribution is 0.124. The van der Waals surface area contributed by atoms with E-state index in [0.717, 1.165) is 6.07 Å². The van der Waals surface area contributed by atoms with E-state index in [9.17, 15) is 12.8 Å². The molecular weight excluding hydrogens is 359 g/mol. The van der Waals surface area contributed by atoms with Crippen molar-refractivity contribution in [1.29, 1.82) is 0 Å². The molecule has 3 rings (SSSR count). The Bertz CT molecular complexity index is 860. The molecule has 2 heterocycles. The van der Waals surface area contributed by atoms with E-state index >= 15 is 0 Å². The predicted octanol–water partition coefficient (Wildman–Crippen LogP) is 2.40. The second kappa shape index (κ2) is 7.42. The second-order valence-corrected chi connectivity index (χ2v) is 8.60. The Morgan fingerprint density at radius 2 is 1.77 bits per heavy atom. The highest BCUT2D eigenvalue weighted by Crippen LogP contribution is 2.25. The molecule has 0 spiro atoms. The van der Waals surface area contributed by atoms with Crippen LogP contribution in [0.25, 0.3) is 0 Å². The maximum atomic E-state index is 13.9. The Balaban J connectivity index is 1.68. The molecule has 9 heteroatoms. The molecule has 7 nitrogen and oxygen atoms in total. The Kier molecular flexibility index (Phi) is 5.40. The normalized spacial score (nSPS) is 18.3. The van der Waals surface area contributed by atoms with Crippen LogP contribution in [0.3, 0.4) is 0 Å². The van der Waals surface area contributed by atoms with E-state index < -0.39 is 15.8 Å². The van der Waals surface area contributed by atoms with Crippen molar-refractivity contribution in [3.63, 3.8) is 0 Å². The molecule has 0 bridgehead atoms. The summed E-state index contributed by atoms with van der Waals surface area (Å²) in [6.07, 6.45) is 0. The van der Waals surface area contributed by atoms with Crippen LogP contribution in [-0.2, 0) is 10.0 Å². The topological polar surface area (TPSA) is 79.5 Å². The number of piperazine rings is 1. The van der Waals surface area contributed by atoms with Crippen molar-refractivity contribution in [2.75, 3.05) is 26.2 Å². The molecule has 1 aromatic heterocycles. The number of aromatic nitrogens is 2. The SMILES string of the molecule is CC(C)c1noc(C(C)N2CCN(S(=O)(=O)c3ccccc3F)CC2)n1. The molecule has 0 saturated carbocycles. The molecule has 1 aliphatic heterocycles. The van der Waals surface area contributed by atoms with Crippen molar-refractivity contribution < 1.29 is 17.3 Å². The summed E-state index contributed by atoms with van der Waals surface area (Å²) in [5.74, 6) is 0.643. The molecule has 0 radical (unpaired) electrons. The van der Waals surface area contributed by atoms with Gasteiger partial charge in [0.25, 0.3) is 0 Å². The summed E-state index contributed by atoms with van der Waals surface area (Å²) >= 11 is 0. The monoisotopic (exact) mass is 382 g/mol. The molecule has 1 unspecified atom stereocenters. The van der Waals surface area contributed by atoms with Gasteiger partial charge in [-0.3, -0.25) is 4.90 Å². The minimum atomic E-state index is -3.83. The highest BCUT2D eigenvalue weighted by Gasteiger charge is 2.33. The van der Waals surface area contributed by atoms with Crippen LogP contribution in [0.4, 0.5) is 4.39 Å². The summed E-state index contributed by atoms with van der Waals surface area (Å²) in [6, 6.07) is 5.35. The van der Waals surface area contributed by atoms with Gasteiger partial charge < -0.3 is 4.52 Å². The van der Waals surface area contributed by atoms with Gasteiger partial charge in [0.1, 0.15) is 10.7 Å². The minimum Gasteiger partial charge on any atom is -0.338 e. The van der Waals surface area contributed by atoms with Crippen molar-refractivity contribution in [1.82, 2.24) is 19.3 Å². The van der Waals surface area contributed by atoms with Crippen molar-refractivity contribution >= 4 is 10.0 Å². The molecular formula is C17H23FN4O3S. The van der Waals surface area contributed by atoms with Gasteiger partial charge in [-0.1, -0.05) is 31.1 Å². The second-order valence-electron chi connectivity index (χ2n) is 6.69. The maximum Gasteiger partial charge on any atom is 0.246 e. The van der Waals surface area contributed by atoms with Gasteiger partial charge in [0.15, 0.2) is 5.82 Å². The lowest BCUT2D eigenvalue weighted by atomic mass is 10.2. The molecule has 142 valence electrons. The first-order valence-corrected chi connectivity index (χ1v) is 10.1. The predicted molar refractivity (Wildman–Crippen MR) is 93.5 cm³/mol. The zero-order chi connectivity index (χ0) is 18.9. The van der Waals surface area contributed by atoms with Gasteiger partial charge in [-0.25, -0.2) is 12.8 Å². The van der Waals surface area contributed by atoms with E-state index in [0.29, 0.717) is 24.8 Å². The summed E-state index contributed by atoms with van der Waals surface area (Å²) < 4.78 is 45.9. The molecule has 1 aromatic carbocycles. The molecule has 2 aromatic rings. The lowest BCUT2D eigenvalue weighted by Gasteiger charge is -2.36. The summed E-state index contributed by atoms with van der Waals surface area (Å²) in [5.41, 5.74) is 0. The van der Waals surface area contributed by atoms with Crippen LogP contribution in [0, 0.1) is 5.82 Å². The smallest absolute Gasteiger partial charge is 0.246 e. The summed E-state index contributed by atoms with van der Waals surface area (Å²) in [5, 5.41) is 3.97. The van der Waals surface area contributed by atoms with E-state index in [1.165, 1.54) is 22.5 Å². The zero-order valence-electron chi connectivity index (χ0n) is 15.1. The van der Waals surface area contributed by atoms with E-state index in [-0.39, 0.29) is 29.9 Å². The van der Waals surface area contributed by atoms with Crippen LogP contribution < -0.4 is 0 Å². The highest BCUT2D eigenvalue weighted by molar-refractivity contribution is 7.89.